The molecule has 0 spiro atoms. The Bertz CT molecular complexity index is 731. The normalized spacial score (nSPS) is 11.6. The number of non-ortho nitro benzene ring substituents is 1. The summed E-state index contributed by atoms with van der Waals surface area (Å²) in [6.45, 7) is 3.53. The van der Waals surface area contributed by atoms with Crippen molar-refractivity contribution in [1.82, 2.24) is 0 Å². The molecule has 0 bridgehead atoms. The standard InChI is InChI=1S/C16H15ClN2O4/c1-10-3-6-13(7-4-10)23-11(2)16(20)18-15-9-12(19(21)22)5-8-14(15)17/h3-9,11H,1-2H3,(H,18,20)/t11-/m1/s1. The fraction of sp³-hybridized carbons (Fsp3) is 0.188. The zero-order valence-electron chi connectivity index (χ0n) is 12.6. The molecule has 6 nitrogen and oxygen atoms in total. The van der Waals surface area contributed by atoms with Crippen LogP contribution in [0.1, 0.15) is 12.5 Å². The van der Waals surface area contributed by atoms with E-state index in [1.807, 2.05) is 19.1 Å². The first kappa shape index (κ1) is 16.8. The summed E-state index contributed by atoms with van der Waals surface area (Å²) in [5, 5.41) is 13.5. The maximum atomic E-state index is 12.2. The zero-order chi connectivity index (χ0) is 17.0. The summed E-state index contributed by atoms with van der Waals surface area (Å²) in [6, 6.07) is 11.1. The van der Waals surface area contributed by atoms with Gasteiger partial charge in [0.25, 0.3) is 11.6 Å². The number of hydrogen-bond donors (Lipinski definition) is 1. The molecule has 0 heterocycles. The number of nitrogens with zero attached hydrogens (tertiary/aromatic N) is 1. The lowest BCUT2D eigenvalue weighted by molar-refractivity contribution is -0.384. The molecule has 7 heteroatoms. The third-order valence-electron chi connectivity index (χ3n) is 3.12. The third-order valence-corrected chi connectivity index (χ3v) is 3.45. The lowest BCUT2D eigenvalue weighted by Gasteiger charge is -2.15. The number of benzene rings is 2. The predicted octanol–water partition coefficient (Wildman–Crippen LogP) is 3.96. The highest BCUT2D eigenvalue weighted by atomic mass is 35.5. The van der Waals surface area contributed by atoms with Crippen molar-refractivity contribution < 1.29 is 14.5 Å². The van der Waals surface area contributed by atoms with Crippen LogP contribution in [-0.4, -0.2) is 16.9 Å². The number of nitrogens with one attached hydrogen (secondary N) is 1. The van der Waals surface area contributed by atoms with E-state index in [9.17, 15) is 14.9 Å². The van der Waals surface area contributed by atoms with E-state index in [0.29, 0.717) is 5.75 Å². The molecule has 0 aliphatic rings. The number of rotatable bonds is 5. The minimum absolute atomic E-state index is 0.156. The molecule has 23 heavy (non-hydrogen) atoms. The summed E-state index contributed by atoms with van der Waals surface area (Å²) in [7, 11) is 0. The zero-order valence-corrected chi connectivity index (χ0v) is 13.3. The van der Waals surface area contributed by atoms with Gasteiger partial charge in [0.2, 0.25) is 0 Å². The summed E-state index contributed by atoms with van der Waals surface area (Å²) >= 11 is 5.95. The van der Waals surface area contributed by atoms with Crippen molar-refractivity contribution in [3.8, 4) is 5.75 Å². The highest BCUT2D eigenvalue weighted by molar-refractivity contribution is 6.33. The van der Waals surface area contributed by atoms with Crippen molar-refractivity contribution in [2.45, 2.75) is 20.0 Å². The Kier molecular flexibility index (Phi) is 5.18. The molecule has 0 saturated heterocycles. The number of anilines is 1. The summed E-state index contributed by atoms with van der Waals surface area (Å²) in [5.41, 5.74) is 1.10. The summed E-state index contributed by atoms with van der Waals surface area (Å²) in [6.07, 6.45) is -0.784. The number of amides is 1. The quantitative estimate of drug-likeness (QED) is 0.662. The van der Waals surface area contributed by atoms with Gasteiger partial charge in [0.1, 0.15) is 5.75 Å². The molecule has 1 amide bonds. The van der Waals surface area contributed by atoms with E-state index < -0.39 is 16.9 Å². The monoisotopic (exact) mass is 334 g/mol. The first-order chi connectivity index (χ1) is 10.9. The number of ether oxygens (including phenoxy) is 1. The van der Waals surface area contributed by atoms with Crippen molar-refractivity contribution in [1.29, 1.82) is 0 Å². The van der Waals surface area contributed by atoms with Crippen molar-refractivity contribution in [2.75, 3.05) is 5.32 Å². The smallest absolute Gasteiger partial charge is 0.271 e. The average Bonchev–Trinajstić information content (AvgIpc) is 2.51. The summed E-state index contributed by atoms with van der Waals surface area (Å²) in [5.74, 6) is 0.108. The second-order valence-electron chi connectivity index (χ2n) is 4.98. The maximum Gasteiger partial charge on any atom is 0.271 e. The van der Waals surface area contributed by atoms with Crippen molar-refractivity contribution in [3.05, 3.63) is 63.2 Å². The Morgan fingerprint density at radius 3 is 2.52 bits per heavy atom. The van der Waals surface area contributed by atoms with Crippen molar-refractivity contribution >= 4 is 28.9 Å². The van der Waals surface area contributed by atoms with Gasteiger partial charge in [0.05, 0.1) is 15.6 Å². The lowest BCUT2D eigenvalue weighted by atomic mass is 10.2. The molecule has 0 saturated carbocycles. The average molecular weight is 335 g/mol. The van der Waals surface area contributed by atoms with Gasteiger partial charge in [-0.3, -0.25) is 14.9 Å². The van der Waals surface area contributed by atoms with Crippen LogP contribution in [0.5, 0.6) is 5.75 Å². The highest BCUT2D eigenvalue weighted by Gasteiger charge is 2.18. The van der Waals surface area contributed by atoms with Crippen molar-refractivity contribution in [2.24, 2.45) is 0 Å². The van der Waals surface area contributed by atoms with Gasteiger partial charge >= 0.3 is 0 Å². The van der Waals surface area contributed by atoms with Gasteiger partial charge in [-0.05, 0) is 32.0 Å². The molecule has 2 rings (SSSR count). The molecule has 1 N–H and O–H groups in total. The van der Waals surface area contributed by atoms with Gasteiger partial charge in [-0.25, -0.2) is 0 Å². The largest absolute Gasteiger partial charge is 0.481 e. The van der Waals surface area contributed by atoms with E-state index in [-0.39, 0.29) is 16.4 Å². The second-order valence-corrected chi connectivity index (χ2v) is 5.39. The SMILES string of the molecule is Cc1ccc(O[C@H](C)C(=O)Nc2cc([N+](=O)[O-])ccc2Cl)cc1. The lowest BCUT2D eigenvalue weighted by Crippen LogP contribution is -2.30. The number of aryl methyl sites for hydroxylation is 1. The van der Waals surface area contributed by atoms with Crippen LogP contribution in [0.25, 0.3) is 0 Å². The van der Waals surface area contributed by atoms with Crippen LogP contribution in [0.3, 0.4) is 0 Å². The first-order valence-corrected chi connectivity index (χ1v) is 7.23. The Hall–Kier alpha value is -2.60. The molecule has 0 aromatic heterocycles. The number of carbonyl (C=O) groups is 1. The van der Waals surface area contributed by atoms with Crippen LogP contribution >= 0.6 is 11.6 Å². The van der Waals surface area contributed by atoms with Gasteiger partial charge in [-0.15, -0.1) is 0 Å². The van der Waals surface area contributed by atoms with E-state index in [4.69, 9.17) is 16.3 Å². The number of hydrogen-bond acceptors (Lipinski definition) is 4. The molecular formula is C16H15ClN2O4. The number of halogens is 1. The van der Waals surface area contributed by atoms with Crippen LogP contribution in [0.4, 0.5) is 11.4 Å². The van der Waals surface area contributed by atoms with Gasteiger partial charge < -0.3 is 10.1 Å². The van der Waals surface area contributed by atoms with Gasteiger partial charge in [-0.2, -0.15) is 0 Å². The molecule has 0 unspecified atom stereocenters. The van der Waals surface area contributed by atoms with E-state index >= 15 is 0 Å². The molecule has 2 aromatic rings. The van der Waals surface area contributed by atoms with Crippen LogP contribution in [-0.2, 0) is 4.79 Å². The third kappa shape index (κ3) is 4.43. The summed E-state index contributed by atoms with van der Waals surface area (Å²) in [4.78, 5) is 22.4. The molecule has 120 valence electrons. The predicted molar refractivity (Wildman–Crippen MR) is 88.0 cm³/mol. The fourth-order valence-corrected chi connectivity index (χ4v) is 2.00. The van der Waals surface area contributed by atoms with Gasteiger partial charge in [0.15, 0.2) is 6.10 Å². The maximum absolute atomic E-state index is 12.2. The van der Waals surface area contributed by atoms with E-state index in [2.05, 4.69) is 5.32 Å². The number of nitro groups is 1. The topological polar surface area (TPSA) is 81.5 Å². The van der Waals surface area contributed by atoms with Crippen molar-refractivity contribution in [3.63, 3.8) is 0 Å². The molecule has 2 aromatic carbocycles. The molecule has 0 fully saturated rings. The second kappa shape index (κ2) is 7.11. The fourth-order valence-electron chi connectivity index (χ4n) is 1.83. The van der Waals surface area contributed by atoms with E-state index in [1.165, 1.54) is 18.2 Å². The Morgan fingerprint density at radius 1 is 1.26 bits per heavy atom. The van der Waals surface area contributed by atoms with Crippen LogP contribution in [0.15, 0.2) is 42.5 Å². The minimum atomic E-state index is -0.784. The number of carbonyl (C=O) groups excluding carboxylic acids is 1. The Balaban J connectivity index is 2.07. The van der Waals surface area contributed by atoms with Crippen LogP contribution < -0.4 is 10.1 Å². The Labute approximate surface area is 138 Å². The molecule has 0 aliphatic heterocycles. The van der Waals surface area contributed by atoms with Gasteiger partial charge in [-0.1, -0.05) is 29.3 Å². The van der Waals surface area contributed by atoms with E-state index in [1.54, 1.807) is 19.1 Å². The van der Waals surface area contributed by atoms with Gasteiger partial charge in [0, 0.05) is 12.1 Å². The van der Waals surface area contributed by atoms with E-state index in [0.717, 1.165) is 5.56 Å². The summed E-state index contributed by atoms with van der Waals surface area (Å²) < 4.78 is 5.53. The Morgan fingerprint density at radius 2 is 1.91 bits per heavy atom. The molecular weight excluding hydrogens is 320 g/mol. The van der Waals surface area contributed by atoms with Crippen LogP contribution in [0, 0.1) is 17.0 Å². The molecule has 0 radical (unpaired) electrons. The highest BCUT2D eigenvalue weighted by Crippen LogP contribution is 2.27. The minimum Gasteiger partial charge on any atom is -0.481 e. The first-order valence-electron chi connectivity index (χ1n) is 6.85. The molecule has 1 atom stereocenters. The molecule has 0 aliphatic carbocycles. The van der Waals surface area contributed by atoms with Crippen LogP contribution in [0.2, 0.25) is 5.02 Å². The number of nitro benzene ring substituents is 1.